The Kier molecular flexibility index (Phi) is 6.73. The lowest BCUT2D eigenvalue weighted by atomic mass is 10.1. The van der Waals surface area contributed by atoms with Gasteiger partial charge < -0.3 is 14.2 Å². The molecule has 0 spiro atoms. The van der Waals surface area contributed by atoms with E-state index in [1.54, 1.807) is 49.6 Å². The molecule has 0 radical (unpaired) electrons. The second kappa shape index (κ2) is 9.20. The summed E-state index contributed by atoms with van der Waals surface area (Å²) in [6, 6.07) is 13.6. The molecule has 0 saturated carbocycles. The number of ketones is 1. The number of ether oxygens (including phenoxy) is 3. The van der Waals surface area contributed by atoms with Crippen LogP contribution in [0.1, 0.15) is 28.4 Å². The molecule has 0 saturated heterocycles. The molecule has 0 amide bonds. The van der Waals surface area contributed by atoms with Crippen LogP contribution >= 0.6 is 0 Å². The van der Waals surface area contributed by atoms with Gasteiger partial charge in [0.1, 0.15) is 29.7 Å². The van der Waals surface area contributed by atoms with Gasteiger partial charge in [0, 0.05) is 11.1 Å². The fraction of sp³-hybridized carbons (Fsp3) is 0.190. The summed E-state index contributed by atoms with van der Waals surface area (Å²) in [4.78, 5) is 23.8. The second-order valence-corrected chi connectivity index (χ2v) is 5.60. The number of nitriles is 1. The van der Waals surface area contributed by atoms with Crippen LogP contribution in [0.2, 0.25) is 0 Å². The van der Waals surface area contributed by atoms with E-state index < -0.39 is 5.97 Å². The first-order valence-corrected chi connectivity index (χ1v) is 8.09. The van der Waals surface area contributed by atoms with Gasteiger partial charge in [-0.25, -0.2) is 4.79 Å². The molecule has 0 heterocycles. The first-order valence-electron chi connectivity index (χ1n) is 8.09. The Bertz CT molecular complexity index is 907. The third kappa shape index (κ3) is 5.19. The largest absolute Gasteiger partial charge is 0.497 e. The molecule has 0 aliphatic carbocycles. The number of rotatable bonds is 7. The first kappa shape index (κ1) is 19.7. The lowest BCUT2D eigenvalue weighted by molar-refractivity contribution is -0.139. The van der Waals surface area contributed by atoms with Crippen LogP contribution in [0.3, 0.4) is 0 Å². The van der Waals surface area contributed by atoms with Crippen LogP contribution in [0.25, 0.3) is 6.08 Å². The van der Waals surface area contributed by atoms with Gasteiger partial charge in [-0.15, -0.1) is 0 Å². The third-order valence-corrected chi connectivity index (χ3v) is 3.81. The number of Topliss-reactive ketones (excluding diaryl/α,β-unsaturated/α-hetero) is 1. The van der Waals surface area contributed by atoms with Crippen molar-refractivity contribution in [2.75, 3.05) is 14.2 Å². The molecule has 2 rings (SSSR count). The number of esters is 1. The van der Waals surface area contributed by atoms with Gasteiger partial charge in [0.05, 0.1) is 14.2 Å². The van der Waals surface area contributed by atoms with Gasteiger partial charge in [-0.3, -0.25) is 4.79 Å². The zero-order valence-corrected chi connectivity index (χ0v) is 15.3. The fourth-order valence-corrected chi connectivity index (χ4v) is 2.34. The van der Waals surface area contributed by atoms with Crippen LogP contribution in [-0.2, 0) is 16.1 Å². The Morgan fingerprint density at radius 2 is 1.78 bits per heavy atom. The van der Waals surface area contributed by atoms with E-state index in [0.717, 1.165) is 0 Å². The topological polar surface area (TPSA) is 85.6 Å². The molecular weight excluding hydrogens is 346 g/mol. The van der Waals surface area contributed by atoms with Crippen molar-refractivity contribution in [1.29, 1.82) is 5.26 Å². The number of carbonyl (C=O) groups is 2. The molecule has 0 atom stereocenters. The summed E-state index contributed by atoms with van der Waals surface area (Å²) in [7, 11) is 3.04. The Morgan fingerprint density at radius 1 is 1.07 bits per heavy atom. The lowest BCUT2D eigenvalue weighted by Crippen LogP contribution is -2.08. The highest BCUT2D eigenvalue weighted by Gasteiger charge is 2.14. The van der Waals surface area contributed by atoms with Gasteiger partial charge in [-0.2, -0.15) is 5.26 Å². The maximum Gasteiger partial charge on any atom is 0.349 e. The molecule has 6 nitrogen and oxygen atoms in total. The number of methoxy groups -OCH3 is 2. The van der Waals surface area contributed by atoms with Gasteiger partial charge in [0.25, 0.3) is 0 Å². The Labute approximate surface area is 157 Å². The molecule has 27 heavy (non-hydrogen) atoms. The van der Waals surface area contributed by atoms with Crippen molar-refractivity contribution < 1.29 is 23.8 Å². The molecule has 6 heteroatoms. The van der Waals surface area contributed by atoms with Crippen LogP contribution in [0.4, 0.5) is 0 Å². The van der Waals surface area contributed by atoms with E-state index >= 15 is 0 Å². The zero-order chi connectivity index (χ0) is 19.8. The monoisotopic (exact) mass is 365 g/mol. The predicted octanol–water partition coefficient (Wildman–Crippen LogP) is 3.56. The smallest absolute Gasteiger partial charge is 0.349 e. The predicted molar refractivity (Wildman–Crippen MR) is 99.4 cm³/mol. The summed E-state index contributed by atoms with van der Waals surface area (Å²) in [5, 5.41) is 9.26. The molecule has 0 aliphatic heterocycles. The van der Waals surface area contributed by atoms with Gasteiger partial charge in [0.15, 0.2) is 5.78 Å². The summed E-state index contributed by atoms with van der Waals surface area (Å²) in [5.41, 5.74) is 1.55. The van der Waals surface area contributed by atoms with Crippen molar-refractivity contribution in [3.8, 4) is 17.6 Å². The summed E-state index contributed by atoms with van der Waals surface area (Å²) in [6.45, 7) is 1.33. The standard InChI is InChI=1S/C21H19NO5/c1-14(23)16-6-9-20(26-3)18(11-16)13-27-21(24)17(12-22)10-15-4-7-19(25-2)8-5-15/h4-11H,13H2,1-3H3/b17-10+. The highest BCUT2D eigenvalue weighted by atomic mass is 16.5. The van der Waals surface area contributed by atoms with E-state index in [2.05, 4.69) is 0 Å². The normalized spacial score (nSPS) is 10.7. The van der Waals surface area contributed by atoms with Gasteiger partial charge in [0.2, 0.25) is 0 Å². The molecular formula is C21H19NO5. The Morgan fingerprint density at radius 3 is 2.33 bits per heavy atom. The summed E-state index contributed by atoms with van der Waals surface area (Å²) in [6.07, 6.45) is 1.44. The van der Waals surface area contributed by atoms with Crippen molar-refractivity contribution in [2.24, 2.45) is 0 Å². The number of nitrogens with zero attached hydrogens (tertiary/aromatic N) is 1. The van der Waals surface area contributed by atoms with Crippen LogP contribution in [-0.4, -0.2) is 26.0 Å². The van der Waals surface area contributed by atoms with E-state index in [4.69, 9.17) is 14.2 Å². The molecule has 0 bridgehead atoms. The summed E-state index contributed by atoms with van der Waals surface area (Å²) < 4.78 is 15.5. The van der Waals surface area contributed by atoms with E-state index in [1.807, 2.05) is 6.07 Å². The molecule has 0 N–H and O–H groups in total. The second-order valence-electron chi connectivity index (χ2n) is 5.60. The van der Waals surface area contributed by atoms with E-state index in [9.17, 15) is 14.9 Å². The quantitative estimate of drug-likeness (QED) is 0.323. The molecule has 138 valence electrons. The van der Waals surface area contributed by atoms with Crippen LogP contribution < -0.4 is 9.47 Å². The molecule has 0 aromatic heterocycles. The number of benzene rings is 2. The summed E-state index contributed by atoms with van der Waals surface area (Å²) in [5.74, 6) is 0.294. The average Bonchev–Trinajstić information content (AvgIpc) is 2.70. The average molecular weight is 365 g/mol. The maximum atomic E-state index is 12.2. The van der Waals surface area contributed by atoms with E-state index in [0.29, 0.717) is 28.2 Å². The molecule has 2 aromatic carbocycles. The lowest BCUT2D eigenvalue weighted by Gasteiger charge is -2.10. The van der Waals surface area contributed by atoms with Crippen molar-refractivity contribution in [3.63, 3.8) is 0 Å². The minimum atomic E-state index is -0.761. The van der Waals surface area contributed by atoms with E-state index in [1.165, 1.54) is 20.1 Å². The van der Waals surface area contributed by atoms with Crippen molar-refractivity contribution in [2.45, 2.75) is 13.5 Å². The molecule has 2 aromatic rings. The molecule has 0 unspecified atom stereocenters. The molecule has 0 fully saturated rings. The van der Waals surface area contributed by atoms with Crippen molar-refractivity contribution >= 4 is 17.8 Å². The van der Waals surface area contributed by atoms with Gasteiger partial charge >= 0.3 is 5.97 Å². The number of hydrogen-bond acceptors (Lipinski definition) is 6. The van der Waals surface area contributed by atoms with Gasteiger partial charge in [-0.1, -0.05) is 12.1 Å². The highest BCUT2D eigenvalue weighted by molar-refractivity contribution is 5.98. The molecule has 0 aliphatic rings. The van der Waals surface area contributed by atoms with Crippen LogP contribution in [0.5, 0.6) is 11.5 Å². The Hall–Kier alpha value is -3.59. The summed E-state index contributed by atoms with van der Waals surface area (Å²) >= 11 is 0. The minimum Gasteiger partial charge on any atom is -0.497 e. The SMILES string of the molecule is COc1ccc(/C=C(\C#N)C(=O)OCc2cc(C(C)=O)ccc2OC)cc1. The van der Waals surface area contributed by atoms with Crippen LogP contribution in [0, 0.1) is 11.3 Å². The number of carbonyl (C=O) groups excluding carboxylic acids is 2. The minimum absolute atomic E-state index is 0.109. The van der Waals surface area contributed by atoms with Gasteiger partial charge in [-0.05, 0) is 48.9 Å². The first-order chi connectivity index (χ1) is 13.0. The fourth-order valence-electron chi connectivity index (χ4n) is 2.34. The van der Waals surface area contributed by atoms with E-state index in [-0.39, 0.29) is 18.0 Å². The van der Waals surface area contributed by atoms with Crippen molar-refractivity contribution in [1.82, 2.24) is 0 Å². The van der Waals surface area contributed by atoms with Crippen LogP contribution in [0.15, 0.2) is 48.0 Å². The highest BCUT2D eigenvalue weighted by Crippen LogP contribution is 2.22. The number of hydrogen-bond donors (Lipinski definition) is 0. The Balaban J connectivity index is 2.15. The zero-order valence-electron chi connectivity index (χ0n) is 15.3. The third-order valence-electron chi connectivity index (χ3n) is 3.81. The van der Waals surface area contributed by atoms with Crippen molar-refractivity contribution in [3.05, 3.63) is 64.7 Å². The maximum absolute atomic E-state index is 12.2.